The van der Waals surface area contributed by atoms with Gasteiger partial charge in [-0.1, -0.05) is 49.2 Å². The molecule has 3 rings (SSSR count). The van der Waals surface area contributed by atoms with Crippen molar-refractivity contribution in [2.75, 3.05) is 32.8 Å². The minimum atomic E-state index is 0.310. The van der Waals surface area contributed by atoms with Crippen molar-refractivity contribution in [1.29, 1.82) is 0 Å². The van der Waals surface area contributed by atoms with E-state index in [0.717, 1.165) is 55.9 Å². The van der Waals surface area contributed by atoms with E-state index in [1.807, 2.05) is 24.3 Å². The Morgan fingerprint density at radius 2 is 1.93 bits per heavy atom. The molecular weight excluding hydrogens is 419 g/mol. The number of H-pyrrole nitrogens is 1. The number of imidazole rings is 1. The lowest BCUT2D eigenvalue weighted by Crippen LogP contribution is -2.43. The summed E-state index contributed by atoms with van der Waals surface area (Å²) in [7, 11) is 0. The molecule has 0 bridgehead atoms. The lowest BCUT2D eigenvalue weighted by molar-refractivity contribution is 0.255. The first-order valence-electron chi connectivity index (χ1n) is 10.6. The van der Waals surface area contributed by atoms with Gasteiger partial charge in [0.2, 0.25) is 0 Å². The molecule has 0 aliphatic carbocycles. The first-order chi connectivity index (χ1) is 14.6. The SMILES string of the molecule is CCN(CC)CC(Cc1nc2ccccc2[nH]1)NCCCOc1ccc(Cl)cc1Cl. The largest absolute Gasteiger partial charge is 0.492 e. The van der Waals surface area contributed by atoms with Crippen LogP contribution in [-0.2, 0) is 6.42 Å². The van der Waals surface area contributed by atoms with Gasteiger partial charge in [-0.15, -0.1) is 0 Å². The Balaban J connectivity index is 1.52. The van der Waals surface area contributed by atoms with Crippen LogP contribution in [-0.4, -0.2) is 53.7 Å². The smallest absolute Gasteiger partial charge is 0.137 e. The summed E-state index contributed by atoms with van der Waals surface area (Å²) in [5.41, 5.74) is 2.10. The van der Waals surface area contributed by atoms with E-state index in [1.54, 1.807) is 12.1 Å². The molecule has 0 saturated heterocycles. The molecule has 0 saturated carbocycles. The second kappa shape index (κ2) is 11.6. The number of aromatic amines is 1. The minimum absolute atomic E-state index is 0.310. The fraction of sp³-hybridized carbons (Fsp3) is 0.435. The number of likely N-dealkylation sites (N-methyl/N-ethyl adjacent to an activating group) is 1. The second-order valence-corrected chi connectivity index (χ2v) is 8.16. The van der Waals surface area contributed by atoms with Crippen LogP contribution in [0.3, 0.4) is 0 Å². The first kappa shape index (κ1) is 22.9. The molecule has 0 radical (unpaired) electrons. The van der Waals surface area contributed by atoms with Crippen molar-refractivity contribution < 1.29 is 4.74 Å². The van der Waals surface area contributed by atoms with E-state index in [0.29, 0.717) is 28.4 Å². The van der Waals surface area contributed by atoms with E-state index in [-0.39, 0.29) is 0 Å². The predicted molar refractivity (Wildman–Crippen MR) is 126 cm³/mol. The average molecular weight is 449 g/mol. The number of para-hydroxylation sites is 2. The number of hydrogen-bond donors (Lipinski definition) is 2. The highest BCUT2D eigenvalue weighted by Gasteiger charge is 2.15. The molecule has 3 aromatic rings. The molecular formula is C23H30Cl2N4O. The number of ether oxygens (including phenoxy) is 1. The molecule has 162 valence electrons. The third-order valence-corrected chi connectivity index (χ3v) is 5.69. The van der Waals surface area contributed by atoms with Gasteiger partial charge in [-0.2, -0.15) is 0 Å². The summed E-state index contributed by atoms with van der Waals surface area (Å²) in [6.45, 7) is 8.90. The van der Waals surface area contributed by atoms with Crippen molar-refractivity contribution in [2.45, 2.75) is 32.7 Å². The Hall–Kier alpha value is -1.79. The molecule has 30 heavy (non-hydrogen) atoms. The number of fused-ring (bicyclic) bond motifs is 1. The summed E-state index contributed by atoms with van der Waals surface area (Å²) in [6, 6.07) is 13.8. The van der Waals surface area contributed by atoms with Crippen LogP contribution in [0.1, 0.15) is 26.1 Å². The number of hydrogen-bond acceptors (Lipinski definition) is 4. The summed E-state index contributed by atoms with van der Waals surface area (Å²) in [4.78, 5) is 10.6. The second-order valence-electron chi connectivity index (χ2n) is 7.32. The van der Waals surface area contributed by atoms with Crippen LogP contribution in [0.2, 0.25) is 10.0 Å². The Morgan fingerprint density at radius 1 is 1.13 bits per heavy atom. The first-order valence-corrected chi connectivity index (χ1v) is 11.3. The molecule has 1 heterocycles. The van der Waals surface area contributed by atoms with Gasteiger partial charge in [-0.25, -0.2) is 4.98 Å². The zero-order valence-electron chi connectivity index (χ0n) is 17.6. The van der Waals surface area contributed by atoms with Crippen LogP contribution in [0, 0.1) is 0 Å². The van der Waals surface area contributed by atoms with E-state index in [1.165, 1.54) is 0 Å². The summed E-state index contributed by atoms with van der Waals surface area (Å²) in [6.07, 6.45) is 1.74. The lowest BCUT2D eigenvalue weighted by atomic mass is 10.1. The van der Waals surface area contributed by atoms with E-state index < -0.39 is 0 Å². The van der Waals surface area contributed by atoms with E-state index in [9.17, 15) is 0 Å². The van der Waals surface area contributed by atoms with Gasteiger partial charge in [0, 0.05) is 24.0 Å². The Labute approximate surface area is 188 Å². The number of aromatic nitrogens is 2. The number of nitrogens with one attached hydrogen (secondary N) is 2. The number of benzene rings is 2. The Morgan fingerprint density at radius 3 is 2.67 bits per heavy atom. The fourth-order valence-corrected chi connectivity index (χ4v) is 3.95. The number of rotatable bonds is 12. The van der Waals surface area contributed by atoms with Crippen LogP contribution in [0.4, 0.5) is 0 Å². The predicted octanol–water partition coefficient (Wildman–Crippen LogP) is 5.18. The fourth-order valence-electron chi connectivity index (χ4n) is 3.48. The lowest BCUT2D eigenvalue weighted by Gasteiger charge is -2.26. The van der Waals surface area contributed by atoms with E-state index in [4.69, 9.17) is 32.9 Å². The highest BCUT2D eigenvalue weighted by atomic mass is 35.5. The molecule has 0 aliphatic heterocycles. The molecule has 1 aromatic heterocycles. The average Bonchev–Trinajstić information content (AvgIpc) is 3.15. The zero-order valence-corrected chi connectivity index (χ0v) is 19.1. The van der Waals surface area contributed by atoms with Crippen molar-refractivity contribution in [3.8, 4) is 5.75 Å². The Bertz CT molecular complexity index is 893. The minimum Gasteiger partial charge on any atom is -0.492 e. The highest BCUT2D eigenvalue weighted by Crippen LogP contribution is 2.27. The third kappa shape index (κ3) is 6.61. The summed E-state index contributed by atoms with van der Waals surface area (Å²) >= 11 is 12.1. The van der Waals surface area contributed by atoms with E-state index in [2.05, 4.69) is 35.1 Å². The van der Waals surface area contributed by atoms with Crippen molar-refractivity contribution in [2.24, 2.45) is 0 Å². The van der Waals surface area contributed by atoms with Gasteiger partial charge in [0.1, 0.15) is 11.6 Å². The molecule has 7 heteroatoms. The van der Waals surface area contributed by atoms with Gasteiger partial charge >= 0.3 is 0 Å². The maximum absolute atomic E-state index is 6.16. The standard InChI is InChI=1S/C23H30Cl2N4O/c1-3-29(4-2)16-18(15-23-27-20-8-5-6-9-21(20)28-23)26-12-7-13-30-22-11-10-17(24)14-19(22)25/h5-6,8-11,14,18,26H,3-4,7,12-13,15-16H2,1-2H3,(H,27,28). The maximum atomic E-state index is 6.16. The molecule has 0 fully saturated rings. The van der Waals surface area contributed by atoms with Gasteiger partial charge in [0.15, 0.2) is 0 Å². The highest BCUT2D eigenvalue weighted by molar-refractivity contribution is 6.35. The van der Waals surface area contributed by atoms with Crippen molar-refractivity contribution in [3.63, 3.8) is 0 Å². The topological polar surface area (TPSA) is 53.2 Å². The molecule has 0 aliphatic rings. The van der Waals surface area contributed by atoms with E-state index >= 15 is 0 Å². The van der Waals surface area contributed by atoms with Gasteiger partial charge in [-0.05, 0) is 56.4 Å². The molecule has 1 unspecified atom stereocenters. The Kier molecular flexibility index (Phi) is 8.82. The molecule has 2 N–H and O–H groups in total. The monoisotopic (exact) mass is 448 g/mol. The van der Waals surface area contributed by atoms with Crippen LogP contribution >= 0.6 is 23.2 Å². The van der Waals surface area contributed by atoms with Crippen molar-refractivity contribution in [1.82, 2.24) is 20.2 Å². The van der Waals surface area contributed by atoms with Crippen molar-refractivity contribution >= 4 is 34.2 Å². The number of halogens is 2. The van der Waals surface area contributed by atoms with Gasteiger partial charge in [-0.3, -0.25) is 0 Å². The summed E-state index contributed by atoms with van der Waals surface area (Å²) in [5.74, 6) is 1.69. The third-order valence-electron chi connectivity index (χ3n) is 5.16. The van der Waals surface area contributed by atoms with Gasteiger partial charge < -0.3 is 19.9 Å². The quantitative estimate of drug-likeness (QED) is 0.374. The summed E-state index contributed by atoms with van der Waals surface area (Å²) in [5, 5.41) is 4.84. The van der Waals surface area contributed by atoms with Crippen LogP contribution < -0.4 is 10.1 Å². The molecule has 1 atom stereocenters. The van der Waals surface area contributed by atoms with Crippen molar-refractivity contribution in [3.05, 3.63) is 58.3 Å². The molecule has 0 spiro atoms. The van der Waals surface area contributed by atoms with Gasteiger partial charge in [0.25, 0.3) is 0 Å². The van der Waals surface area contributed by atoms with Crippen LogP contribution in [0.5, 0.6) is 5.75 Å². The molecule has 2 aromatic carbocycles. The summed E-state index contributed by atoms with van der Waals surface area (Å²) < 4.78 is 5.80. The van der Waals surface area contributed by atoms with Gasteiger partial charge in [0.05, 0.1) is 22.7 Å². The maximum Gasteiger partial charge on any atom is 0.137 e. The van der Waals surface area contributed by atoms with Crippen LogP contribution in [0.25, 0.3) is 11.0 Å². The molecule has 0 amide bonds. The molecule has 5 nitrogen and oxygen atoms in total. The van der Waals surface area contributed by atoms with Crippen LogP contribution in [0.15, 0.2) is 42.5 Å². The number of nitrogens with zero attached hydrogens (tertiary/aromatic N) is 2. The normalized spacial score (nSPS) is 12.6. The zero-order chi connectivity index (χ0) is 21.3.